The van der Waals surface area contributed by atoms with E-state index in [1.165, 1.54) is 12.1 Å². The molecule has 2 heterocycles. The lowest BCUT2D eigenvalue weighted by Gasteiger charge is -2.29. The Bertz CT molecular complexity index is 859. The SMILES string of the molecule is O=C(C1=C[C@@H](c2ccc(F)cc2)C[C@@H](OCc2ccc(CO)cc2)O1)N1CC1. The van der Waals surface area contributed by atoms with Crippen molar-refractivity contribution >= 4 is 5.91 Å². The first-order valence-corrected chi connectivity index (χ1v) is 9.36. The van der Waals surface area contributed by atoms with Gasteiger partial charge in [-0.15, -0.1) is 0 Å². The molecule has 2 aromatic rings. The molecular weight excluding hydrogens is 361 g/mol. The van der Waals surface area contributed by atoms with Crippen LogP contribution in [-0.2, 0) is 27.5 Å². The van der Waals surface area contributed by atoms with Crippen LogP contribution in [0.2, 0.25) is 0 Å². The molecule has 1 N–H and O–H groups in total. The van der Waals surface area contributed by atoms with E-state index in [0.717, 1.165) is 29.8 Å². The lowest BCUT2D eigenvalue weighted by Crippen LogP contribution is -2.29. The number of aliphatic hydroxyl groups is 1. The van der Waals surface area contributed by atoms with Gasteiger partial charge in [0.2, 0.25) is 6.29 Å². The Morgan fingerprint density at radius 3 is 2.43 bits per heavy atom. The number of ether oxygens (including phenoxy) is 2. The molecule has 146 valence electrons. The summed E-state index contributed by atoms with van der Waals surface area (Å²) in [4.78, 5) is 14.2. The quantitative estimate of drug-likeness (QED) is 0.779. The van der Waals surface area contributed by atoms with Gasteiger partial charge in [-0.2, -0.15) is 0 Å². The summed E-state index contributed by atoms with van der Waals surface area (Å²) in [5.41, 5.74) is 2.71. The number of amides is 1. The molecule has 0 aromatic heterocycles. The molecule has 4 rings (SSSR count). The zero-order valence-electron chi connectivity index (χ0n) is 15.4. The van der Waals surface area contributed by atoms with Crippen molar-refractivity contribution < 1.29 is 23.8 Å². The Balaban J connectivity index is 1.48. The number of benzene rings is 2. The Labute approximate surface area is 163 Å². The number of carbonyl (C=O) groups is 1. The van der Waals surface area contributed by atoms with Crippen molar-refractivity contribution in [1.29, 1.82) is 0 Å². The summed E-state index contributed by atoms with van der Waals surface area (Å²) in [6.07, 6.45) is 1.78. The Morgan fingerprint density at radius 1 is 1.11 bits per heavy atom. The molecule has 1 amide bonds. The van der Waals surface area contributed by atoms with Crippen LogP contribution in [0.15, 0.2) is 60.4 Å². The highest BCUT2D eigenvalue weighted by Crippen LogP contribution is 2.33. The molecular formula is C22H22FNO4. The summed E-state index contributed by atoms with van der Waals surface area (Å²) in [5.74, 6) is -0.222. The summed E-state index contributed by atoms with van der Waals surface area (Å²) in [6, 6.07) is 13.8. The predicted octanol–water partition coefficient (Wildman–Crippen LogP) is 3.09. The topological polar surface area (TPSA) is 58.8 Å². The first-order chi connectivity index (χ1) is 13.6. The van der Waals surface area contributed by atoms with Crippen LogP contribution in [0.1, 0.15) is 29.0 Å². The predicted molar refractivity (Wildman–Crippen MR) is 100 cm³/mol. The second kappa shape index (κ2) is 8.12. The van der Waals surface area contributed by atoms with E-state index < -0.39 is 6.29 Å². The van der Waals surface area contributed by atoms with Crippen molar-refractivity contribution in [2.24, 2.45) is 0 Å². The lowest BCUT2D eigenvalue weighted by atomic mass is 9.93. The van der Waals surface area contributed by atoms with Crippen LogP contribution in [0, 0.1) is 5.82 Å². The Morgan fingerprint density at radius 2 is 1.79 bits per heavy atom. The fourth-order valence-corrected chi connectivity index (χ4v) is 3.19. The minimum atomic E-state index is -0.573. The number of allylic oxidation sites excluding steroid dienone is 1. The van der Waals surface area contributed by atoms with E-state index in [-0.39, 0.29) is 24.2 Å². The van der Waals surface area contributed by atoms with Gasteiger partial charge in [0.1, 0.15) is 5.82 Å². The summed E-state index contributed by atoms with van der Waals surface area (Å²) in [6.45, 7) is 1.81. The number of aliphatic hydroxyl groups excluding tert-OH is 1. The van der Waals surface area contributed by atoms with Crippen molar-refractivity contribution in [2.45, 2.75) is 31.8 Å². The summed E-state index contributed by atoms with van der Waals surface area (Å²) in [7, 11) is 0. The van der Waals surface area contributed by atoms with Crippen LogP contribution in [-0.4, -0.2) is 35.3 Å². The van der Waals surface area contributed by atoms with Gasteiger partial charge in [-0.05, 0) is 34.9 Å². The largest absolute Gasteiger partial charge is 0.459 e. The van der Waals surface area contributed by atoms with E-state index in [9.17, 15) is 9.18 Å². The molecule has 2 aliphatic rings. The average molecular weight is 383 g/mol. The molecule has 6 heteroatoms. The van der Waals surface area contributed by atoms with E-state index >= 15 is 0 Å². The maximum Gasteiger partial charge on any atom is 0.288 e. The molecule has 0 aliphatic carbocycles. The van der Waals surface area contributed by atoms with Crippen molar-refractivity contribution in [3.63, 3.8) is 0 Å². The highest BCUT2D eigenvalue weighted by Gasteiger charge is 2.34. The summed E-state index contributed by atoms with van der Waals surface area (Å²) >= 11 is 0. The molecule has 1 fully saturated rings. The van der Waals surface area contributed by atoms with E-state index in [1.54, 1.807) is 17.0 Å². The average Bonchev–Trinajstić information content (AvgIpc) is 3.58. The number of rotatable bonds is 6. The van der Waals surface area contributed by atoms with Crippen LogP contribution < -0.4 is 0 Å². The minimum absolute atomic E-state index is 0.00100. The summed E-state index contributed by atoms with van der Waals surface area (Å²) in [5, 5.41) is 9.13. The number of hydrogen-bond acceptors (Lipinski definition) is 4. The normalized spacial score (nSPS) is 21.1. The maximum absolute atomic E-state index is 13.3. The number of nitrogens with zero attached hydrogens (tertiary/aromatic N) is 1. The molecule has 28 heavy (non-hydrogen) atoms. The summed E-state index contributed by atoms with van der Waals surface area (Å²) < 4.78 is 25.0. The van der Waals surface area contributed by atoms with Crippen molar-refractivity contribution in [1.82, 2.24) is 4.90 Å². The third kappa shape index (κ3) is 4.40. The van der Waals surface area contributed by atoms with Crippen LogP contribution in [0.5, 0.6) is 0 Å². The van der Waals surface area contributed by atoms with Crippen LogP contribution in [0.4, 0.5) is 4.39 Å². The monoisotopic (exact) mass is 383 g/mol. The molecule has 0 radical (unpaired) electrons. The van der Waals surface area contributed by atoms with Crippen molar-refractivity contribution in [2.75, 3.05) is 13.1 Å². The molecule has 0 spiro atoms. The molecule has 0 unspecified atom stereocenters. The lowest BCUT2D eigenvalue weighted by molar-refractivity contribution is -0.152. The van der Waals surface area contributed by atoms with Gasteiger partial charge in [0, 0.05) is 25.4 Å². The van der Waals surface area contributed by atoms with E-state index in [2.05, 4.69) is 0 Å². The molecule has 5 nitrogen and oxygen atoms in total. The second-order valence-corrected chi connectivity index (χ2v) is 7.05. The van der Waals surface area contributed by atoms with Crippen LogP contribution in [0.3, 0.4) is 0 Å². The van der Waals surface area contributed by atoms with Gasteiger partial charge in [0.25, 0.3) is 5.91 Å². The van der Waals surface area contributed by atoms with Crippen molar-refractivity contribution in [3.05, 3.63) is 82.9 Å². The zero-order valence-corrected chi connectivity index (χ0v) is 15.4. The molecule has 0 saturated carbocycles. The second-order valence-electron chi connectivity index (χ2n) is 7.05. The maximum atomic E-state index is 13.3. The number of carbonyl (C=O) groups excluding carboxylic acids is 1. The Hall–Kier alpha value is -2.70. The third-order valence-electron chi connectivity index (χ3n) is 4.94. The molecule has 2 aromatic carbocycles. The third-order valence-corrected chi connectivity index (χ3v) is 4.94. The number of hydrogen-bond donors (Lipinski definition) is 1. The van der Waals surface area contributed by atoms with Crippen molar-refractivity contribution in [3.8, 4) is 0 Å². The zero-order chi connectivity index (χ0) is 19.5. The van der Waals surface area contributed by atoms with Gasteiger partial charge in [-0.1, -0.05) is 36.4 Å². The van der Waals surface area contributed by atoms with E-state index in [1.807, 2.05) is 30.3 Å². The fraction of sp³-hybridized carbons (Fsp3) is 0.318. The first kappa shape index (κ1) is 18.7. The molecule has 2 atom stereocenters. The molecule has 0 bridgehead atoms. The highest BCUT2D eigenvalue weighted by atomic mass is 19.1. The van der Waals surface area contributed by atoms with Crippen LogP contribution in [0.25, 0.3) is 0 Å². The van der Waals surface area contributed by atoms with E-state index in [0.29, 0.717) is 18.8 Å². The number of halogens is 1. The van der Waals surface area contributed by atoms with Gasteiger partial charge in [0.05, 0.1) is 13.2 Å². The smallest absolute Gasteiger partial charge is 0.288 e. The van der Waals surface area contributed by atoms with Gasteiger partial charge in [0.15, 0.2) is 5.76 Å². The standard InChI is InChI=1S/C22H22FNO4/c23-19-7-5-17(6-8-19)18-11-20(22(26)24-9-10-24)28-21(12-18)27-14-16-3-1-15(13-25)2-4-16/h1-8,11,18,21,25H,9-10,12-14H2/t18-,21+/m1/s1. The molecule has 1 saturated heterocycles. The van der Waals surface area contributed by atoms with E-state index in [4.69, 9.17) is 14.6 Å². The fourth-order valence-electron chi connectivity index (χ4n) is 3.19. The first-order valence-electron chi connectivity index (χ1n) is 9.36. The van der Waals surface area contributed by atoms with Crippen LogP contribution >= 0.6 is 0 Å². The van der Waals surface area contributed by atoms with Gasteiger partial charge >= 0.3 is 0 Å². The van der Waals surface area contributed by atoms with Gasteiger partial charge in [-0.25, -0.2) is 4.39 Å². The Kier molecular flexibility index (Phi) is 5.41. The highest BCUT2D eigenvalue weighted by molar-refractivity contribution is 5.93. The minimum Gasteiger partial charge on any atom is -0.459 e. The van der Waals surface area contributed by atoms with Gasteiger partial charge < -0.3 is 19.5 Å². The van der Waals surface area contributed by atoms with Gasteiger partial charge in [-0.3, -0.25) is 4.79 Å². The molecule has 2 aliphatic heterocycles.